The SMILES string of the molecule is C=C.CCCCC=CC=CC=CCCCCCCCC(=O)O. The van der Waals surface area contributed by atoms with Gasteiger partial charge in [0.2, 0.25) is 0 Å². The molecule has 1 N–H and O–H groups in total. The number of unbranched alkanes of at least 4 members (excludes halogenated alkanes) is 7. The number of hydrogen-bond donors (Lipinski definition) is 1. The molecule has 0 aromatic carbocycles. The monoisotopic (exact) mass is 306 g/mol. The minimum Gasteiger partial charge on any atom is -0.481 e. The smallest absolute Gasteiger partial charge is 0.303 e. The molecular formula is C20H34O2. The molecule has 0 aliphatic heterocycles. The minimum absolute atomic E-state index is 0.316. The predicted molar refractivity (Wildman–Crippen MR) is 98.2 cm³/mol. The van der Waals surface area contributed by atoms with E-state index >= 15 is 0 Å². The van der Waals surface area contributed by atoms with Gasteiger partial charge in [-0.05, 0) is 25.7 Å². The fraction of sp³-hybridized carbons (Fsp3) is 0.550. The van der Waals surface area contributed by atoms with Crippen molar-refractivity contribution in [3.63, 3.8) is 0 Å². The van der Waals surface area contributed by atoms with Crippen molar-refractivity contribution in [3.05, 3.63) is 49.6 Å². The maximum Gasteiger partial charge on any atom is 0.303 e. The van der Waals surface area contributed by atoms with E-state index in [-0.39, 0.29) is 0 Å². The van der Waals surface area contributed by atoms with Crippen molar-refractivity contribution in [1.82, 2.24) is 0 Å². The van der Waals surface area contributed by atoms with Gasteiger partial charge in [-0.1, -0.05) is 75.5 Å². The van der Waals surface area contributed by atoms with Crippen molar-refractivity contribution >= 4 is 5.97 Å². The second-order valence-corrected chi connectivity index (χ2v) is 5.08. The van der Waals surface area contributed by atoms with Gasteiger partial charge < -0.3 is 5.11 Å². The van der Waals surface area contributed by atoms with Crippen LogP contribution in [0.15, 0.2) is 49.6 Å². The molecule has 0 aromatic heterocycles. The standard InChI is InChI=1S/C18H30O2.C2H4/c1-2-3-4-5-6-7-8-9-10-11-12-13-14-15-16-17-18(19)20;1-2/h5-10H,2-4,11-17H2,1H3,(H,19,20);1-2H2. The van der Waals surface area contributed by atoms with Gasteiger partial charge in [-0.25, -0.2) is 0 Å². The molecule has 0 radical (unpaired) electrons. The van der Waals surface area contributed by atoms with Crippen LogP contribution in [0.1, 0.15) is 71.1 Å². The van der Waals surface area contributed by atoms with E-state index in [4.69, 9.17) is 5.11 Å². The van der Waals surface area contributed by atoms with Gasteiger partial charge in [0.1, 0.15) is 0 Å². The maximum absolute atomic E-state index is 10.3. The van der Waals surface area contributed by atoms with Gasteiger partial charge in [0.05, 0.1) is 0 Å². The van der Waals surface area contributed by atoms with Crippen LogP contribution < -0.4 is 0 Å². The molecule has 0 unspecified atom stereocenters. The Bertz CT molecular complexity index is 314. The van der Waals surface area contributed by atoms with Gasteiger partial charge in [0.15, 0.2) is 0 Å². The van der Waals surface area contributed by atoms with E-state index in [1.807, 2.05) is 0 Å². The number of carbonyl (C=O) groups is 1. The fourth-order valence-corrected chi connectivity index (χ4v) is 1.87. The number of rotatable bonds is 13. The highest BCUT2D eigenvalue weighted by atomic mass is 16.4. The Hall–Kier alpha value is -1.57. The van der Waals surface area contributed by atoms with Crippen molar-refractivity contribution in [2.45, 2.75) is 71.1 Å². The third-order valence-electron chi connectivity index (χ3n) is 3.09. The van der Waals surface area contributed by atoms with E-state index in [0.29, 0.717) is 6.42 Å². The summed E-state index contributed by atoms with van der Waals surface area (Å²) in [4.78, 5) is 10.3. The summed E-state index contributed by atoms with van der Waals surface area (Å²) in [6.45, 7) is 8.21. The zero-order valence-electron chi connectivity index (χ0n) is 14.3. The van der Waals surface area contributed by atoms with Gasteiger partial charge in [-0.2, -0.15) is 0 Å². The van der Waals surface area contributed by atoms with Crippen LogP contribution >= 0.6 is 0 Å². The van der Waals surface area contributed by atoms with Crippen molar-refractivity contribution < 1.29 is 9.90 Å². The van der Waals surface area contributed by atoms with Crippen LogP contribution in [0.5, 0.6) is 0 Å². The minimum atomic E-state index is -0.677. The van der Waals surface area contributed by atoms with Crippen LogP contribution in [-0.4, -0.2) is 11.1 Å². The van der Waals surface area contributed by atoms with Crippen LogP contribution in [0.3, 0.4) is 0 Å². The molecule has 0 heterocycles. The molecule has 0 atom stereocenters. The second kappa shape index (κ2) is 21.7. The Balaban J connectivity index is 0. The summed E-state index contributed by atoms with van der Waals surface area (Å²) in [6.07, 6.45) is 23.3. The van der Waals surface area contributed by atoms with Crippen LogP contribution in [-0.2, 0) is 4.79 Å². The van der Waals surface area contributed by atoms with Crippen LogP contribution in [0.2, 0.25) is 0 Å². The molecule has 0 bridgehead atoms. The highest BCUT2D eigenvalue weighted by Gasteiger charge is 1.95. The van der Waals surface area contributed by atoms with E-state index in [9.17, 15) is 4.79 Å². The zero-order valence-corrected chi connectivity index (χ0v) is 14.3. The predicted octanol–water partition coefficient (Wildman–Crippen LogP) is 6.46. The molecule has 0 saturated carbocycles. The molecule has 126 valence electrons. The van der Waals surface area contributed by atoms with E-state index in [1.165, 1.54) is 32.1 Å². The molecule has 0 rings (SSSR count). The van der Waals surface area contributed by atoms with Gasteiger partial charge in [-0.3, -0.25) is 4.79 Å². The largest absolute Gasteiger partial charge is 0.481 e. The quantitative estimate of drug-likeness (QED) is 0.241. The summed E-state index contributed by atoms with van der Waals surface area (Å²) in [5, 5.41) is 8.50. The Kier molecular flexibility index (Phi) is 22.4. The topological polar surface area (TPSA) is 37.3 Å². The average molecular weight is 306 g/mol. The second-order valence-electron chi connectivity index (χ2n) is 5.08. The summed E-state index contributed by atoms with van der Waals surface area (Å²) >= 11 is 0. The average Bonchev–Trinajstić information content (AvgIpc) is 2.53. The first-order chi connectivity index (χ1) is 10.8. The van der Waals surface area contributed by atoms with Crippen LogP contribution in [0, 0.1) is 0 Å². The molecule has 2 nitrogen and oxygen atoms in total. The molecule has 0 spiro atoms. The van der Waals surface area contributed by atoms with Gasteiger partial charge in [-0.15, -0.1) is 13.2 Å². The summed E-state index contributed by atoms with van der Waals surface area (Å²) in [5.41, 5.74) is 0. The molecule has 22 heavy (non-hydrogen) atoms. The summed E-state index contributed by atoms with van der Waals surface area (Å²) < 4.78 is 0. The molecule has 0 saturated heterocycles. The lowest BCUT2D eigenvalue weighted by molar-refractivity contribution is -0.137. The molecular weight excluding hydrogens is 272 g/mol. The van der Waals surface area contributed by atoms with E-state index < -0.39 is 5.97 Å². The van der Waals surface area contributed by atoms with Crippen molar-refractivity contribution in [2.24, 2.45) is 0 Å². The highest BCUT2D eigenvalue weighted by Crippen LogP contribution is 2.07. The van der Waals surface area contributed by atoms with Gasteiger partial charge >= 0.3 is 5.97 Å². The zero-order chi connectivity index (χ0) is 16.9. The number of hydrogen-bond acceptors (Lipinski definition) is 1. The van der Waals surface area contributed by atoms with Crippen molar-refractivity contribution in [2.75, 3.05) is 0 Å². The summed E-state index contributed by atoms with van der Waals surface area (Å²) in [5.74, 6) is -0.677. The number of allylic oxidation sites excluding steroid dienone is 6. The Morgan fingerprint density at radius 1 is 0.818 bits per heavy atom. The molecule has 2 heteroatoms. The van der Waals surface area contributed by atoms with E-state index in [0.717, 1.165) is 25.7 Å². The number of carboxylic acids is 1. The lowest BCUT2D eigenvalue weighted by Gasteiger charge is -1.97. The van der Waals surface area contributed by atoms with Crippen LogP contribution in [0.25, 0.3) is 0 Å². The molecule has 0 aliphatic rings. The van der Waals surface area contributed by atoms with Crippen molar-refractivity contribution in [3.8, 4) is 0 Å². The van der Waals surface area contributed by atoms with Crippen molar-refractivity contribution in [1.29, 1.82) is 0 Å². The third kappa shape index (κ3) is 23.5. The fourth-order valence-electron chi connectivity index (χ4n) is 1.87. The molecule has 0 aliphatic carbocycles. The Labute approximate surface area is 137 Å². The molecule has 0 amide bonds. The molecule has 0 aromatic rings. The maximum atomic E-state index is 10.3. The first kappa shape index (κ1) is 22.7. The Morgan fingerprint density at radius 2 is 1.32 bits per heavy atom. The van der Waals surface area contributed by atoms with E-state index in [1.54, 1.807) is 0 Å². The summed E-state index contributed by atoms with van der Waals surface area (Å²) in [6, 6.07) is 0. The van der Waals surface area contributed by atoms with Crippen LogP contribution in [0.4, 0.5) is 0 Å². The first-order valence-electron chi connectivity index (χ1n) is 8.47. The van der Waals surface area contributed by atoms with Gasteiger partial charge in [0, 0.05) is 6.42 Å². The number of carboxylic acid groups (broad SMARTS) is 1. The van der Waals surface area contributed by atoms with E-state index in [2.05, 4.69) is 56.5 Å². The first-order valence-corrected chi connectivity index (χ1v) is 8.47. The lowest BCUT2D eigenvalue weighted by Crippen LogP contribution is -1.93. The third-order valence-corrected chi connectivity index (χ3v) is 3.09. The normalized spacial score (nSPS) is 11.1. The number of aliphatic carboxylic acids is 1. The molecule has 0 fully saturated rings. The Morgan fingerprint density at radius 3 is 1.86 bits per heavy atom. The highest BCUT2D eigenvalue weighted by molar-refractivity contribution is 5.66. The lowest BCUT2D eigenvalue weighted by atomic mass is 10.1. The summed E-state index contributed by atoms with van der Waals surface area (Å²) in [7, 11) is 0. The van der Waals surface area contributed by atoms with Gasteiger partial charge in [0.25, 0.3) is 0 Å².